The van der Waals surface area contributed by atoms with Crippen LogP contribution in [0.2, 0.25) is 0 Å². The molecular weight excluding hydrogens is 1260 g/mol. The Labute approximate surface area is 531 Å². The second-order valence-corrected chi connectivity index (χ2v) is 24.7. The first kappa shape index (κ1) is 76.8. The minimum absolute atomic E-state index is 0.0124. The highest BCUT2D eigenvalue weighted by Crippen LogP contribution is 2.61. The molecule has 89 heavy (non-hydrogen) atoms. The second-order valence-electron chi connectivity index (χ2n) is 18.0. The fraction of sp³-hybridized carbons (Fsp3) is 0.431. The lowest BCUT2D eigenvalue weighted by atomic mass is 10.1. The molecule has 0 fully saturated rings. The van der Waals surface area contributed by atoms with E-state index in [9.17, 15) is 52.1 Å². The Bertz CT molecular complexity index is 2990. The minimum Gasteiger partial charge on any atom is -0.488 e. The lowest BCUT2D eigenvalue weighted by molar-refractivity contribution is -0.141. The maximum absolute atomic E-state index is 12.1. The van der Waals surface area contributed by atoms with E-state index < -0.39 is 60.1 Å². The fourth-order valence-corrected chi connectivity index (χ4v) is 7.45. The molecule has 0 spiro atoms. The molecule has 4 rings (SSSR count). The molecule has 4 aromatic rings. The molecule has 0 aliphatic rings. The highest BCUT2D eigenvalue weighted by molar-refractivity contribution is 8.24. The van der Waals surface area contributed by atoms with E-state index in [2.05, 4.69) is 33.7 Å². The second kappa shape index (κ2) is 41.8. The molecule has 0 bridgehead atoms. The van der Waals surface area contributed by atoms with Gasteiger partial charge in [-0.05, 0) is 132 Å². The Morgan fingerprint density at radius 1 is 0.416 bits per heavy atom. The molecule has 26 nitrogen and oxygen atoms in total. The SMILES string of the molecule is COC(=O)CN(CC(=O)OC)c1ccc(C)cc1OCCOc1cc(C=O)c(C)cc1N(CC(=O)OC)CC(=O)OC.COC(=O)CN(CC(=O)OC)c1ccc(C)cc1OCCOc1ccc(C)cc1N(CC(=O)OC)CC(=O)OC.O=P(Cl)(Cl)Cl.[2H]CF. The number of aryl methyl sites for hydroxylation is 4. The van der Waals surface area contributed by atoms with Crippen LogP contribution in [-0.4, -0.2) is 197 Å². The first-order valence-electron chi connectivity index (χ1n) is 26.8. The summed E-state index contributed by atoms with van der Waals surface area (Å²) < 4.78 is 87.2. The zero-order valence-electron chi connectivity index (χ0n) is 52.3. The van der Waals surface area contributed by atoms with Crippen molar-refractivity contribution in [3.8, 4) is 23.0 Å². The van der Waals surface area contributed by atoms with Crippen molar-refractivity contribution in [2.24, 2.45) is 0 Å². The Balaban J connectivity index is 0.000000804. The van der Waals surface area contributed by atoms with E-state index in [1.165, 1.54) is 82.5 Å². The fourth-order valence-electron chi connectivity index (χ4n) is 7.45. The highest BCUT2D eigenvalue weighted by atomic mass is 36.0. The highest BCUT2D eigenvalue weighted by Gasteiger charge is 2.25. The summed E-state index contributed by atoms with van der Waals surface area (Å²) in [7, 11) is 9.00. The molecule has 0 aliphatic carbocycles. The summed E-state index contributed by atoms with van der Waals surface area (Å²) in [5, 5.41) is -3.22. The third-order valence-electron chi connectivity index (χ3n) is 11.8. The van der Waals surface area contributed by atoms with Crippen molar-refractivity contribution in [3.05, 3.63) is 94.5 Å². The van der Waals surface area contributed by atoms with E-state index in [4.69, 9.17) is 58.2 Å². The summed E-state index contributed by atoms with van der Waals surface area (Å²) in [5.74, 6) is -2.99. The van der Waals surface area contributed by atoms with Crippen molar-refractivity contribution in [3.63, 3.8) is 0 Å². The molecule has 0 atom stereocenters. The molecule has 0 aromatic heterocycles. The largest absolute Gasteiger partial charge is 0.488 e. The summed E-state index contributed by atoms with van der Waals surface area (Å²) in [6.07, 6.45) is 0.670. The normalized spacial score (nSPS) is 10.3. The Morgan fingerprint density at radius 3 is 0.933 bits per heavy atom. The zero-order chi connectivity index (χ0) is 68.1. The van der Waals surface area contributed by atoms with Crippen LogP contribution in [0.25, 0.3) is 0 Å². The van der Waals surface area contributed by atoms with Gasteiger partial charge in [0.15, 0.2) is 0 Å². The number of hydrogen-bond donors (Lipinski definition) is 0. The van der Waals surface area contributed by atoms with Gasteiger partial charge in [0, 0.05) is 5.56 Å². The standard InChI is InChI=1S/C29H36N2O11.C28H36N2O10.CH3F.Cl3OP/c1-19-7-8-22(30(14-26(33)37-3)15-27(34)38-4)24(11-19)41-9-10-42-25-13-21(18-32)20(2)12-23(25)31(16-28(35)39-5)17-29(36)40-6;1-19-8-10-23(22(13-19)30(17-27(33)37-5)18-28(34)38-6)39-11-12-40-24-14-20(2)7-9-21(24)29(15-25(31)35-3)16-26(32)36-4;1-2;1-5(2,3)4/h7-8,11-13,18H,9-10,14-17H2,1-6H3;7-10,13-14H,11-12,15-18H2,1-6H3;1H3;/i;;1D;. The third-order valence-corrected chi connectivity index (χ3v) is 11.8. The predicted octanol–water partition coefficient (Wildman–Crippen LogP) is 7.34. The molecule has 0 saturated carbocycles. The average Bonchev–Trinajstić information content (AvgIpc) is 0.976. The van der Waals surface area contributed by atoms with Gasteiger partial charge < -0.3 is 76.4 Å². The van der Waals surface area contributed by atoms with Crippen LogP contribution < -0.4 is 38.5 Å². The molecule has 0 unspecified atom stereocenters. The first-order valence-corrected chi connectivity index (χ1v) is 30.5. The predicted molar refractivity (Wildman–Crippen MR) is 329 cm³/mol. The van der Waals surface area contributed by atoms with E-state index in [0.29, 0.717) is 57.4 Å². The summed E-state index contributed by atoms with van der Waals surface area (Å²) in [4.78, 5) is 114. The van der Waals surface area contributed by atoms with Crippen LogP contribution in [-0.2, 0) is 80.8 Å². The molecule has 0 amide bonds. The molecule has 492 valence electrons. The van der Waals surface area contributed by atoms with Gasteiger partial charge in [-0.3, -0.25) is 52.1 Å². The summed E-state index contributed by atoms with van der Waals surface area (Å²) in [5.41, 5.74) is 5.44. The number of esters is 8. The molecule has 0 aliphatic heterocycles. The number of hydrogen-bond acceptors (Lipinski definition) is 26. The minimum atomic E-state index is -3.22. The quantitative estimate of drug-likeness (QED) is 0.0156. The van der Waals surface area contributed by atoms with Gasteiger partial charge in [0.25, 0.3) is 0 Å². The zero-order valence-corrected chi connectivity index (χ0v) is 54.5. The number of benzene rings is 4. The van der Waals surface area contributed by atoms with Gasteiger partial charge in [-0.25, -0.2) is 0 Å². The summed E-state index contributed by atoms with van der Waals surface area (Å²) in [6.45, 7) is 5.76. The Kier molecular flexibility index (Phi) is 36.1. The number of alkyl halides is 1. The van der Waals surface area contributed by atoms with Crippen LogP contribution in [0.3, 0.4) is 0 Å². The van der Waals surface area contributed by atoms with Gasteiger partial charge >= 0.3 is 53.0 Å². The number of carbonyl (C=O) groups excluding carboxylic acids is 9. The monoisotopic (exact) mass is 1340 g/mol. The number of rotatable bonds is 31. The van der Waals surface area contributed by atoms with Gasteiger partial charge in [0.1, 0.15) is 108 Å². The van der Waals surface area contributed by atoms with Crippen LogP contribution >= 0.6 is 38.9 Å². The van der Waals surface area contributed by atoms with Gasteiger partial charge in [-0.1, -0.05) is 18.2 Å². The topological polar surface area (TPSA) is 294 Å². The molecule has 0 radical (unpaired) electrons. The summed E-state index contributed by atoms with van der Waals surface area (Å²) in [6, 6.07) is 19.1. The van der Waals surface area contributed by atoms with E-state index >= 15 is 0 Å². The van der Waals surface area contributed by atoms with Crippen molar-refractivity contribution in [1.29, 1.82) is 0 Å². The van der Waals surface area contributed by atoms with Crippen molar-refractivity contribution in [1.82, 2.24) is 0 Å². The van der Waals surface area contributed by atoms with E-state index in [1.54, 1.807) is 55.5 Å². The van der Waals surface area contributed by atoms with Crippen LogP contribution in [0.5, 0.6) is 23.0 Å². The number of ether oxygens (including phenoxy) is 12. The van der Waals surface area contributed by atoms with Crippen molar-refractivity contribution in [2.75, 3.05) is 162 Å². The van der Waals surface area contributed by atoms with Crippen molar-refractivity contribution in [2.45, 2.75) is 27.7 Å². The maximum Gasteiger partial charge on any atom is 0.339 e. The van der Waals surface area contributed by atoms with Crippen molar-refractivity contribution >= 4 is 116 Å². The van der Waals surface area contributed by atoms with Crippen molar-refractivity contribution < 1.29 is 110 Å². The van der Waals surface area contributed by atoms with Gasteiger partial charge in [-0.2, -0.15) is 0 Å². The lowest BCUT2D eigenvalue weighted by Crippen LogP contribution is -2.36. The number of methoxy groups -OCH3 is 8. The molecule has 31 heteroatoms. The first-order chi connectivity index (χ1) is 42.6. The van der Waals surface area contributed by atoms with Gasteiger partial charge in [0.2, 0.25) is 0 Å². The number of aldehydes is 1. The average molecular weight is 1340 g/mol. The van der Waals surface area contributed by atoms with Crippen LogP contribution in [0, 0.1) is 27.7 Å². The van der Waals surface area contributed by atoms with Crippen LogP contribution in [0.1, 0.15) is 34.0 Å². The van der Waals surface area contributed by atoms with E-state index in [1.807, 2.05) is 32.9 Å². The number of carbonyl (C=O) groups is 9. The maximum atomic E-state index is 12.1. The van der Waals surface area contributed by atoms with E-state index in [-0.39, 0.29) is 84.5 Å². The molecule has 4 aromatic carbocycles. The Hall–Kier alpha value is -8.26. The van der Waals surface area contributed by atoms with Gasteiger partial charge in [0.05, 0.1) is 88.2 Å². The van der Waals surface area contributed by atoms with Crippen LogP contribution in [0.4, 0.5) is 27.1 Å². The van der Waals surface area contributed by atoms with E-state index in [0.717, 1.165) is 16.7 Å². The molecule has 0 saturated heterocycles. The summed E-state index contributed by atoms with van der Waals surface area (Å²) >= 11 is 13.8. The molecular formula is C58H75Cl3FN4O22P. The molecule has 0 N–H and O–H groups in total. The third kappa shape index (κ3) is 30.0. The number of halogens is 4. The number of anilines is 4. The van der Waals surface area contributed by atoms with Gasteiger partial charge in [-0.15, -0.1) is 0 Å². The molecule has 0 heterocycles. The smallest absolute Gasteiger partial charge is 0.339 e. The Morgan fingerprint density at radius 2 is 0.652 bits per heavy atom. The number of nitrogens with zero attached hydrogens (tertiary/aromatic N) is 4. The van der Waals surface area contributed by atoms with Crippen LogP contribution in [0.15, 0.2) is 66.7 Å². The lowest BCUT2D eigenvalue weighted by Gasteiger charge is -2.26.